The number of aryl methyl sites for hydroxylation is 2. The molecule has 1 aliphatic heterocycles. The van der Waals surface area contributed by atoms with Crippen LogP contribution >= 0.6 is 0 Å². The van der Waals surface area contributed by atoms with Crippen LogP contribution in [0.4, 0.5) is 19.0 Å². The topological polar surface area (TPSA) is 67.2 Å². The van der Waals surface area contributed by atoms with Crippen molar-refractivity contribution in [1.29, 1.82) is 0 Å². The largest absolute Gasteiger partial charge is 0.433 e. The minimum Gasteiger partial charge on any atom is -0.354 e. The minimum absolute atomic E-state index is 0.200. The van der Waals surface area contributed by atoms with Crippen molar-refractivity contribution >= 4 is 5.82 Å². The molecule has 0 radical (unpaired) electrons. The maximum Gasteiger partial charge on any atom is 0.433 e. The van der Waals surface area contributed by atoms with Gasteiger partial charge in [-0.05, 0) is 31.9 Å². The van der Waals surface area contributed by atoms with Crippen LogP contribution in [-0.2, 0) is 24.6 Å². The summed E-state index contributed by atoms with van der Waals surface area (Å²) in [5.41, 5.74) is -0.876. The van der Waals surface area contributed by atoms with Gasteiger partial charge in [-0.15, -0.1) is 0 Å². The second-order valence-electron chi connectivity index (χ2n) is 9.47. The van der Waals surface area contributed by atoms with Gasteiger partial charge in [0.1, 0.15) is 17.3 Å². The molecule has 33 heavy (non-hydrogen) atoms. The summed E-state index contributed by atoms with van der Waals surface area (Å²) in [6.07, 6.45) is -0.166. The Morgan fingerprint density at radius 1 is 0.970 bits per heavy atom. The Hall–Kier alpha value is -2.49. The average Bonchev–Trinajstić information content (AvgIpc) is 2.76. The summed E-state index contributed by atoms with van der Waals surface area (Å²) in [7, 11) is 0. The lowest BCUT2D eigenvalue weighted by molar-refractivity contribution is -0.141. The summed E-state index contributed by atoms with van der Waals surface area (Å²) in [6, 6.07) is 2.93. The fourth-order valence-corrected chi connectivity index (χ4v) is 3.73. The van der Waals surface area contributed by atoms with Gasteiger partial charge in [-0.2, -0.15) is 18.2 Å². The van der Waals surface area contributed by atoms with Crippen LogP contribution in [0.3, 0.4) is 0 Å². The molecule has 2 aromatic rings. The fourth-order valence-electron chi connectivity index (χ4n) is 3.73. The van der Waals surface area contributed by atoms with Gasteiger partial charge in [-0.3, -0.25) is 9.47 Å². The lowest BCUT2D eigenvalue weighted by Crippen LogP contribution is -2.47. The summed E-state index contributed by atoms with van der Waals surface area (Å²) in [5.74, 6) is 0.538. The van der Waals surface area contributed by atoms with Crippen LogP contribution in [0.2, 0.25) is 0 Å². The van der Waals surface area contributed by atoms with E-state index in [0.717, 1.165) is 50.7 Å². The van der Waals surface area contributed by atoms with Crippen LogP contribution in [0.5, 0.6) is 0 Å². The normalized spacial score (nSPS) is 15.8. The zero-order chi connectivity index (χ0) is 24.2. The van der Waals surface area contributed by atoms with Crippen LogP contribution in [0.25, 0.3) is 0 Å². The van der Waals surface area contributed by atoms with Gasteiger partial charge in [-0.1, -0.05) is 27.7 Å². The molecule has 3 heterocycles. The van der Waals surface area contributed by atoms with E-state index in [4.69, 9.17) is 0 Å². The van der Waals surface area contributed by atoms with Gasteiger partial charge < -0.3 is 4.90 Å². The van der Waals surface area contributed by atoms with Crippen molar-refractivity contribution in [3.8, 4) is 0 Å². The second kappa shape index (κ2) is 10.2. The number of alkyl halides is 3. The van der Waals surface area contributed by atoms with Crippen molar-refractivity contribution in [2.24, 2.45) is 0 Å². The predicted molar refractivity (Wildman–Crippen MR) is 121 cm³/mol. The van der Waals surface area contributed by atoms with Gasteiger partial charge in [0.25, 0.3) is 0 Å². The average molecular weight is 467 g/mol. The third-order valence-electron chi connectivity index (χ3n) is 5.79. The zero-order valence-corrected chi connectivity index (χ0v) is 19.8. The number of nitrogens with zero attached hydrogens (tertiary/aromatic N) is 6. The molecule has 0 saturated carbocycles. The first-order valence-corrected chi connectivity index (χ1v) is 11.5. The molecule has 1 aliphatic rings. The smallest absolute Gasteiger partial charge is 0.354 e. The highest BCUT2D eigenvalue weighted by atomic mass is 19.4. The van der Waals surface area contributed by atoms with Crippen LogP contribution in [0.1, 0.15) is 57.7 Å². The highest BCUT2D eigenvalue weighted by Gasteiger charge is 2.35. The number of piperazine rings is 1. The first-order valence-electron chi connectivity index (χ1n) is 11.5. The molecule has 0 aliphatic carbocycles. The zero-order valence-electron chi connectivity index (χ0n) is 19.8. The molecule has 0 atom stereocenters. The van der Waals surface area contributed by atoms with Gasteiger partial charge in [-0.25, -0.2) is 14.8 Å². The molecule has 0 unspecified atom stereocenters. The maximum atomic E-state index is 13.4. The molecule has 2 aromatic heterocycles. The van der Waals surface area contributed by atoms with Gasteiger partial charge in [0.2, 0.25) is 0 Å². The van der Waals surface area contributed by atoms with E-state index < -0.39 is 17.3 Å². The first-order chi connectivity index (χ1) is 15.5. The minimum atomic E-state index is -4.51. The van der Waals surface area contributed by atoms with Crippen LogP contribution < -0.4 is 10.6 Å². The number of hydrogen-bond donors (Lipinski definition) is 0. The fraction of sp³-hybridized carbons (Fsp3) is 0.652. The van der Waals surface area contributed by atoms with E-state index in [2.05, 4.69) is 19.9 Å². The molecule has 0 spiro atoms. The number of anilines is 1. The van der Waals surface area contributed by atoms with E-state index >= 15 is 0 Å². The summed E-state index contributed by atoms with van der Waals surface area (Å²) in [4.78, 5) is 28.5. The standard InChI is InChI=1S/C23H33F3N6O/c1-5-17-8-11-32(21(33)27-17)10-7-6-9-30-12-14-31(15-13-30)19-16-18(23(24,25)26)28-20(29-19)22(2,3)4/h8,11,16H,5-7,9-10,12-15H2,1-4H3. The number of unbranched alkanes of at least 4 members (excludes halogenated alkanes) is 1. The molecule has 0 aromatic carbocycles. The molecule has 0 amide bonds. The van der Waals surface area contributed by atoms with Crippen LogP contribution in [0.15, 0.2) is 23.1 Å². The van der Waals surface area contributed by atoms with Gasteiger partial charge in [0, 0.05) is 56.1 Å². The van der Waals surface area contributed by atoms with Crippen molar-refractivity contribution in [3.05, 3.63) is 46.0 Å². The quantitative estimate of drug-likeness (QED) is 0.582. The molecular weight excluding hydrogens is 433 g/mol. The summed E-state index contributed by atoms with van der Waals surface area (Å²) < 4.78 is 41.8. The molecule has 182 valence electrons. The molecular formula is C23H33F3N6O. The van der Waals surface area contributed by atoms with Crippen molar-refractivity contribution in [1.82, 2.24) is 24.4 Å². The maximum absolute atomic E-state index is 13.4. The molecule has 1 saturated heterocycles. The summed E-state index contributed by atoms with van der Waals surface area (Å²) >= 11 is 0. The first kappa shape index (κ1) is 25.1. The lowest BCUT2D eigenvalue weighted by Gasteiger charge is -2.36. The Bertz CT molecular complexity index is 959. The number of hydrogen-bond acceptors (Lipinski definition) is 6. The lowest BCUT2D eigenvalue weighted by atomic mass is 9.95. The number of rotatable bonds is 7. The molecule has 3 rings (SSSR count). The van der Waals surface area contributed by atoms with Crippen molar-refractivity contribution < 1.29 is 13.2 Å². The monoisotopic (exact) mass is 466 g/mol. The Labute approximate surface area is 192 Å². The highest BCUT2D eigenvalue weighted by Crippen LogP contribution is 2.32. The highest BCUT2D eigenvalue weighted by molar-refractivity contribution is 5.42. The molecule has 0 bridgehead atoms. The Morgan fingerprint density at radius 2 is 1.64 bits per heavy atom. The number of halogens is 3. The third-order valence-corrected chi connectivity index (χ3v) is 5.79. The van der Waals surface area contributed by atoms with E-state index in [1.807, 2.05) is 38.7 Å². The summed E-state index contributed by atoms with van der Waals surface area (Å²) in [6.45, 7) is 11.6. The van der Waals surface area contributed by atoms with Crippen molar-refractivity contribution in [2.45, 2.75) is 65.1 Å². The van der Waals surface area contributed by atoms with E-state index in [1.165, 1.54) is 0 Å². The SMILES string of the molecule is CCc1ccn(CCCCN2CCN(c3cc(C(F)(F)F)nc(C(C)(C)C)n3)CC2)c(=O)n1. The predicted octanol–water partition coefficient (Wildman–Crippen LogP) is 3.51. The van der Waals surface area contributed by atoms with E-state index in [-0.39, 0.29) is 11.5 Å². The van der Waals surface area contributed by atoms with E-state index in [9.17, 15) is 18.0 Å². The molecule has 0 N–H and O–H groups in total. The molecule has 7 nitrogen and oxygen atoms in total. The Balaban J connectivity index is 1.53. The Morgan fingerprint density at radius 3 is 2.21 bits per heavy atom. The Kier molecular flexibility index (Phi) is 7.76. The van der Waals surface area contributed by atoms with Gasteiger partial charge >= 0.3 is 11.9 Å². The van der Waals surface area contributed by atoms with Gasteiger partial charge in [0.15, 0.2) is 0 Å². The van der Waals surface area contributed by atoms with Crippen molar-refractivity contribution in [3.63, 3.8) is 0 Å². The van der Waals surface area contributed by atoms with Crippen LogP contribution in [0, 0.1) is 0 Å². The number of aromatic nitrogens is 4. The second-order valence-corrected chi connectivity index (χ2v) is 9.47. The van der Waals surface area contributed by atoms with Crippen LogP contribution in [-0.4, -0.2) is 57.1 Å². The van der Waals surface area contributed by atoms with Crippen molar-refractivity contribution in [2.75, 3.05) is 37.6 Å². The molecule has 10 heteroatoms. The van der Waals surface area contributed by atoms with E-state index in [0.29, 0.717) is 25.5 Å². The van der Waals surface area contributed by atoms with E-state index in [1.54, 1.807) is 10.8 Å². The summed E-state index contributed by atoms with van der Waals surface area (Å²) in [5, 5.41) is 0. The van der Waals surface area contributed by atoms with Gasteiger partial charge in [0.05, 0.1) is 0 Å². The molecule has 1 fully saturated rings. The third kappa shape index (κ3) is 6.75.